The van der Waals surface area contributed by atoms with Crippen molar-refractivity contribution in [2.75, 3.05) is 20.1 Å². The average Bonchev–Trinajstić information content (AvgIpc) is 2.88. The van der Waals surface area contributed by atoms with Crippen LogP contribution in [-0.2, 0) is 9.53 Å². The van der Waals surface area contributed by atoms with Crippen LogP contribution in [-0.4, -0.2) is 58.9 Å². The third-order valence-electron chi connectivity index (χ3n) is 6.00. The number of nitro groups is 1. The highest BCUT2D eigenvalue weighted by Gasteiger charge is 2.39. The van der Waals surface area contributed by atoms with Gasteiger partial charge in [0.1, 0.15) is 0 Å². The SMILES string of the molecule is CC1=C(C(=O)OC(C)C)C(c2cccc([N+](=O)[O-])c2)N(CCCN(C)C(=O)c2ccc(C#N)cc2)C(=O)N1. The van der Waals surface area contributed by atoms with Crippen LogP contribution in [0.15, 0.2) is 59.8 Å². The van der Waals surface area contributed by atoms with Crippen molar-refractivity contribution in [1.29, 1.82) is 5.26 Å². The van der Waals surface area contributed by atoms with Crippen LogP contribution in [0.25, 0.3) is 0 Å². The summed E-state index contributed by atoms with van der Waals surface area (Å²) in [5, 5.41) is 23.1. The van der Waals surface area contributed by atoms with Crippen molar-refractivity contribution in [3.8, 4) is 6.07 Å². The van der Waals surface area contributed by atoms with Gasteiger partial charge in [-0.2, -0.15) is 5.26 Å². The second-order valence-corrected chi connectivity index (χ2v) is 9.14. The molecule has 1 aliphatic rings. The highest BCUT2D eigenvalue weighted by molar-refractivity contribution is 5.95. The Morgan fingerprint density at radius 1 is 1.24 bits per heavy atom. The molecule has 0 saturated heterocycles. The molecule has 3 amide bonds. The van der Waals surface area contributed by atoms with E-state index in [1.165, 1.54) is 28.0 Å². The van der Waals surface area contributed by atoms with Crippen LogP contribution < -0.4 is 5.32 Å². The van der Waals surface area contributed by atoms with Gasteiger partial charge in [0.2, 0.25) is 0 Å². The van der Waals surface area contributed by atoms with E-state index in [1.54, 1.807) is 58.2 Å². The molecular weight excluding hydrogens is 490 g/mol. The summed E-state index contributed by atoms with van der Waals surface area (Å²) >= 11 is 0. The maximum Gasteiger partial charge on any atom is 0.338 e. The van der Waals surface area contributed by atoms with Gasteiger partial charge in [-0.1, -0.05) is 12.1 Å². The number of non-ortho nitro benzene ring substituents is 1. The fourth-order valence-corrected chi connectivity index (χ4v) is 4.19. The van der Waals surface area contributed by atoms with Crippen molar-refractivity contribution in [1.82, 2.24) is 15.1 Å². The van der Waals surface area contributed by atoms with Gasteiger partial charge in [-0.25, -0.2) is 9.59 Å². The number of urea groups is 1. The summed E-state index contributed by atoms with van der Waals surface area (Å²) in [5.74, 6) is -0.878. The number of nitrogens with one attached hydrogen (secondary N) is 1. The van der Waals surface area contributed by atoms with Gasteiger partial charge in [0.25, 0.3) is 11.6 Å². The van der Waals surface area contributed by atoms with E-state index >= 15 is 0 Å². The zero-order chi connectivity index (χ0) is 28.0. The van der Waals surface area contributed by atoms with Crippen LogP contribution in [0.1, 0.15) is 54.7 Å². The molecular formula is C27H29N5O6. The first-order valence-electron chi connectivity index (χ1n) is 12.0. The lowest BCUT2D eigenvalue weighted by molar-refractivity contribution is -0.384. The molecule has 2 aromatic carbocycles. The van der Waals surface area contributed by atoms with E-state index in [0.717, 1.165) is 0 Å². The molecule has 0 saturated carbocycles. The second-order valence-electron chi connectivity index (χ2n) is 9.14. The molecule has 11 heteroatoms. The van der Waals surface area contributed by atoms with E-state index in [9.17, 15) is 24.5 Å². The topological polar surface area (TPSA) is 146 Å². The van der Waals surface area contributed by atoms with Gasteiger partial charge in [0, 0.05) is 43.5 Å². The fourth-order valence-electron chi connectivity index (χ4n) is 4.19. The monoisotopic (exact) mass is 519 g/mol. The average molecular weight is 520 g/mol. The molecule has 11 nitrogen and oxygen atoms in total. The Morgan fingerprint density at radius 3 is 2.53 bits per heavy atom. The number of amides is 3. The number of esters is 1. The van der Waals surface area contributed by atoms with E-state index in [0.29, 0.717) is 35.4 Å². The minimum atomic E-state index is -0.922. The number of allylic oxidation sites excluding steroid dienone is 1. The summed E-state index contributed by atoms with van der Waals surface area (Å²) in [7, 11) is 1.63. The second kappa shape index (κ2) is 12.0. The lowest BCUT2D eigenvalue weighted by Gasteiger charge is -2.38. The van der Waals surface area contributed by atoms with Crippen LogP contribution in [0.5, 0.6) is 0 Å². The van der Waals surface area contributed by atoms with Crippen molar-refractivity contribution in [3.05, 3.63) is 86.6 Å². The third-order valence-corrected chi connectivity index (χ3v) is 6.00. The molecule has 1 N–H and O–H groups in total. The number of hydrogen-bond acceptors (Lipinski definition) is 7. The predicted molar refractivity (Wildman–Crippen MR) is 138 cm³/mol. The molecule has 0 radical (unpaired) electrons. The minimum absolute atomic E-state index is 0.149. The Bertz CT molecular complexity index is 1310. The first-order valence-corrected chi connectivity index (χ1v) is 12.0. The number of carbonyl (C=O) groups is 3. The van der Waals surface area contributed by atoms with Crippen molar-refractivity contribution in [3.63, 3.8) is 0 Å². The number of nitriles is 1. The van der Waals surface area contributed by atoms with Crippen molar-refractivity contribution in [2.45, 2.75) is 39.3 Å². The number of benzene rings is 2. The van der Waals surface area contributed by atoms with Crippen molar-refractivity contribution in [2.24, 2.45) is 0 Å². The normalized spacial score (nSPS) is 15.1. The molecule has 0 bridgehead atoms. The number of carbonyl (C=O) groups excluding carboxylic acids is 3. The Balaban J connectivity index is 1.86. The van der Waals surface area contributed by atoms with Crippen LogP contribution >= 0.6 is 0 Å². The molecule has 1 heterocycles. The first-order chi connectivity index (χ1) is 18.0. The van der Waals surface area contributed by atoms with Crippen LogP contribution in [0.3, 0.4) is 0 Å². The molecule has 38 heavy (non-hydrogen) atoms. The van der Waals surface area contributed by atoms with Gasteiger partial charge in [-0.15, -0.1) is 0 Å². The molecule has 198 valence electrons. The molecule has 0 aliphatic carbocycles. The quantitative estimate of drug-likeness (QED) is 0.300. The number of rotatable bonds is 9. The third kappa shape index (κ3) is 6.34. The van der Waals surface area contributed by atoms with Gasteiger partial charge >= 0.3 is 12.0 Å². The maximum absolute atomic E-state index is 13.1. The zero-order valence-corrected chi connectivity index (χ0v) is 21.6. The number of nitrogens with zero attached hydrogens (tertiary/aromatic N) is 4. The smallest absolute Gasteiger partial charge is 0.338 e. The van der Waals surface area contributed by atoms with E-state index in [4.69, 9.17) is 10.00 Å². The maximum atomic E-state index is 13.1. The molecule has 2 aromatic rings. The number of hydrogen-bond donors (Lipinski definition) is 1. The summed E-state index contributed by atoms with van der Waals surface area (Å²) < 4.78 is 5.43. The number of nitro benzene ring substituents is 1. The van der Waals surface area contributed by atoms with Crippen molar-refractivity contribution >= 4 is 23.6 Å². The first kappa shape index (κ1) is 27.9. The van der Waals surface area contributed by atoms with Gasteiger partial charge in [-0.3, -0.25) is 14.9 Å². The molecule has 1 aliphatic heterocycles. The van der Waals surface area contributed by atoms with E-state index in [2.05, 4.69) is 5.32 Å². The standard InChI is InChI=1S/C27H29N5O6/c1-17(2)38-26(34)23-18(3)29-27(35)31(24(23)21-7-5-8-22(15-21)32(36)37)14-6-13-30(4)25(33)20-11-9-19(16-28)10-12-20/h5,7-12,15,17,24H,6,13-14H2,1-4H3,(H,29,35). The minimum Gasteiger partial charge on any atom is -0.459 e. The predicted octanol–water partition coefficient (Wildman–Crippen LogP) is 3.92. The largest absolute Gasteiger partial charge is 0.459 e. The molecule has 1 unspecified atom stereocenters. The molecule has 0 spiro atoms. The van der Waals surface area contributed by atoms with Crippen LogP contribution in [0, 0.1) is 21.4 Å². The van der Waals surface area contributed by atoms with Crippen LogP contribution in [0.2, 0.25) is 0 Å². The zero-order valence-electron chi connectivity index (χ0n) is 21.6. The van der Waals surface area contributed by atoms with Gasteiger partial charge in [0.15, 0.2) is 0 Å². The van der Waals surface area contributed by atoms with Gasteiger partial charge in [-0.05, 0) is 57.0 Å². The highest BCUT2D eigenvalue weighted by Crippen LogP contribution is 2.36. The summed E-state index contributed by atoms with van der Waals surface area (Å²) in [4.78, 5) is 52.8. The Kier molecular flexibility index (Phi) is 8.81. The summed E-state index contributed by atoms with van der Waals surface area (Å²) in [6.45, 7) is 5.43. The Labute approximate surface area is 220 Å². The molecule has 1 atom stereocenters. The van der Waals surface area contributed by atoms with Gasteiger partial charge < -0.3 is 19.9 Å². The van der Waals surface area contributed by atoms with E-state index in [-0.39, 0.29) is 23.7 Å². The Hall–Kier alpha value is -4.72. The molecule has 0 aromatic heterocycles. The molecule has 0 fully saturated rings. The Morgan fingerprint density at radius 2 is 1.92 bits per heavy atom. The summed E-state index contributed by atoms with van der Waals surface area (Å²) in [5.41, 5.74) is 1.58. The lowest BCUT2D eigenvalue weighted by atomic mass is 9.93. The van der Waals surface area contributed by atoms with Crippen molar-refractivity contribution < 1.29 is 24.0 Å². The number of ether oxygens (including phenoxy) is 1. The lowest BCUT2D eigenvalue weighted by Crippen LogP contribution is -2.49. The van der Waals surface area contributed by atoms with E-state index in [1.807, 2.05) is 6.07 Å². The van der Waals surface area contributed by atoms with Crippen LogP contribution in [0.4, 0.5) is 10.5 Å². The van der Waals surface area contributed by atoms with E-state index < -0.39 is 29.1 Å². The highest BCUT2D eigenvalue weighted by atomic mass is 16.6. The van der Waals surface area contributed by atoms with Gasteiger partial charge in [0.05, 0.1) is 34.3 Å². The molecule has 3 rings (SSSR count). The fraction of sp³-hybridized carbons (Fsp3) is 0.333. The summed E-state index contributed by atoms with van der Waals surface area (Å²) in [6, 6.07) is 12.7. The summed E-state index contributed by atoms with van der Waals surface area (Å²) in [6.07, 6.45) is -0.0512.